The first-order valence-electron chi connectivity index (χ1n) is 14.2. The van der Waals surface area contributed by atoms with Crippen molar-refractivity contribution >= 4 is 62.6 Å². The number of carbonyl (C=O) groups excluding carboxylic acids is 1. The average molecular weight is 596 g/mol. The van der Waals surface area contributed by atoms with Crippen LogP contribution in [0.25, 0.3) is 16.3 Å². The van der Waals surface area contributed by atoms with E-state index in [-0.39, 0.29) is 30.0 Å². The van der Waals surface area contributed by atoms with Crippen LogP contribution in [0, 0.1) is 0 Å². The van der Waals surface area contributed by atoms with Gasteiger partial charge in [0.05, 0.1) is 23.3 Å². The highest BCUT2D eigenvalue weighted by atomic mass is 35.5. The molecule has 0 radical (unpaired) electrons. The van der Waals surface area contributed by atoms with Crippen LogP contribution in [0.1, 0.15) is 56.1 Å². The molecule has 214 valence electrons. The van der Waals surface area contributed by atoms with E-state index in [0.717, 1.165) is 39.0 Å². The third kappa shape index (κ3) is 5.12. The summed E-state index contributed by atoms with van der Waals surface area (Å²) < 4.78 is 0. The van der Waals surface area contributed by atoms with E-state index < -0.39 is 0 Å². The number of amides is 1. The highest BCUT2D eigenvalue weighted by Gasteiger charge is 2.41. The third-order valence-electron chi connectivity index (χ3n) is 8.50. The molecule has 42 heavy (non-hydrogen) atoms. The van der Waals surface area contributed by atoms with E-state index >= 15 is 0 Å². The van der Waals surface area contributed by atoms with Gasteiger partial charge in [0.25, 0.3) is 0 Å². The fourth-order valence-corrected chi connectivity index (χ4v) is 6.77. The summed E-state index contributed by atoms with van der Waals surface area (Å²) in [6, 6.07) is 23.6. The summed E-state index contributed by atoms with van der Waals surface area (Å²) in [5.74, 6) is -0.0756. The molecule has 0 bridgehead atoms. The lowest BCUT2D eigenvalue weighted by molar-refractivity contribution is -0.116. The topological polar surface area (TPSA) is 60.5 Å². The number of hydrogen-bond donors (Lipinski definition) is 2. The highest BCUT2D eigenvalue weighted by molar-refractivity contribution is 7.80. The molecule has 2 aliphatic rings. The van der Waals surface area contributed by atoms with E-state index in [1.54, 1.807) is 6.20 Å². The van der Waals surface area contributed by atoms with Crippen molar-refractivity contribution < 1.29 is 4.79 Å². The van der Waals surface area contributed by atoms with Crippen LogP contribution in [0.5, 0.6) is 0 Å². The second-order valence-electron chi connectivity index (χ2n) is 11.6. The van der Waals surface area contributed by atoms with Gasteiger partial charge in [0.1, 0.15) is 0 Å². The van der Waals surface area contributed by atoms with Gasteiger partial charge in [-0.25, -0.2) is 0 Å². The van der Waals surface area contributed by atoms with E-state index in [1.807, 2.05) is 60.7 Å². The van der Waals surface area contributed by atoms with Crippen molar-refractivity contribution in [1.29, 1.82) is 0 Å². The number of anilines is 2. The largest absolute Gasteiger partial charge is 0.365 e. The predicted molar refractivity (Wildman–Crippen MR) is 177 cm³/mol. The minimum Gasteiger partial charge on any atom is -0.365 e. The second-order valence-corrected chi connectivity index (χ2v) is 12.4. The number of rotatable bonds is 6. The SMILES string of the molecule is CC1=CC(C)(C)N(C)c2cc(Cl)c([C@@H]3[C@@H](c4ccccn4)NC(=S)N3CCC(=O)Nc3cccc4ccccc34)cc21. The van der Waals surface area contributed by atoms with Gasteiger partial charge in [-0.1, -0.05) is 60.1 Å². The molecule has 8 heteroatoms. The normalized spacial score (nSPS) is 19.4. The van der Waals surface area contributed by atoms with Crippen molar-refractivity contribution in [2.75, 3.05) is 23.8 Å². The maximum absolute atomic E-state index is 13.3. The molecule has 6 rings (SSSR count). The molecule has 0 unspecified atom stereocenters. The van der Waals surface area contributed by atoms with Crippen LogP contribution in [0.15, 0.2) is 85.1 Å². The summed E-state index contributed by atoms with van der Waals surface area (Å²) in [5.41, 5.74) is 5.93. The lowest BCUT2D eigenvalue weighted by Gasteiger charge is -2.41. The van der Waals surface area contributed by atoms with E-state index in [2.05, 4.69) is 71.4 Å². The number of nitrogens with zero attached hydrogens (tertiary/aromatic N) is 3. The van der Waals surface area contributed by atoms with Crippen molar-refractivity contribution in [1.82, 2.24) is 15.2 Å². The number of thiocarbonyl (C=S) groups is 1. The van der Waals surface area contributed by atoms with Crippen molar-refractivity contribution in [3.05, 3.63) is 107 Å². The Labute approximate surface area is 257 Å². The Morgan fingerprint density at radius 2 is 1.86 bits per heavy atom. The molecule has 0 saturated carbocycles. The zero-order chi connectivity index (χ0) is 29.6. The zero-order valence-corrected chi connectivity index (χ0v) is 25.8. The molecule has 2 N–H and O–H groups in total. The Balaban J connectivity index is 1.33. The van der Waals surface area contributed by atoms with Gasteiger partial charge in [-0.15, -0.1) is 0 Å². The summed E-state index contributed by atoms with van der Waals surface area (Å²) in [7, 11) is 2.10. The van der Waals surface area contributed by atoms with Crippen LogP contribution in [0.3, 0.4) is 0 Å². The number of fused-ring (bicyclic) bond motifs is 2. The molecule has 1 aromatic heterocycles. The quantitative estimate of drug-likeness (QED) is 0.225. The summed E-state index contributed by atoms with van der Waals surface area (Å²) >= 11 is 13.0. The second kappa shape index (κ2) is 11.0. The van der Waals surface area contributed by atoms with Gasteiger partial charge in [0.15, 0.2) is 5.11 Å². The molecule has 3 aromatic carbocycles. The van der Waals surface area contributed by atoms with Crippen LogP contribution in [-0.2, 0) is 4.79 Å². The number of carbonyl (C=O) groups is 1. The molecule has 1 amide bonds. The van der Waals surface area contributed by atoms with Crippen LogP contribution < -0.4 is 15.5 Å². The molecular weight excluding hydrogens is 562 g/mol. The predicted octanol–water partition coefficient (Wildman–Crippen LogP) is 7.52. The van der Waals surface area contributed by atoms with Gasteiger partial charge >= 0.3 is 0 Å². The molecule has 2 atom stereocenters. The average Bonchev–Trinajstić information content (AvgIpc) is 3.30. The van der Waals surface area contributed by atoms with Gasteiger partial charge < -0.3 is 20.4 Å². The molecule has 0 aliphatic carbocycles. The van der Waals surface area contributed by atoms with Gasteiger partial charge in [-0.05, 0) is 79.8 Å². The van der Waals surface area contributed by atoms with Gasteiger partial charge in [-0.3, -0.25) is 9.78 Å². The smallest absolute Gasteiger partial charge is 0.226 e. The van der Waals surface area contributed by atoms with E-state index in [4.69, 9.17) is 23.8 Å². The van der Waals surface area contributed by atoms with E-state index in [9.17, 15) is 4.79 Å². The fraction of sp³-hybridized carbons (Fsp3) is 0.265. The van der Waals surface area contributed by atoms with E-state index in [1.165, 1.54) is 5.57 Å². The highest BCUT2D eigenvalue weighted by Crippen LogP contribution is 2.46. The molecule has 2 aliphatic heterocycles. The lowest BCUT2D eigenvalue weighted by atomic mass is 9.86. The van der Waals surface area contributed by atoms with Gasteiger partial charge in [-0.2, -0.15) is 0 Å². The zero-order valence-electron chi connectivity index (χ0n) is 24.2. The monoisotopic (exact) mass is 595 g/mol. The van der Waals surface area contributed by atoms with Crippen molar-refractivity contribution in [3.63, 3.8) is 0 Å². The van der Waals surface area contributed by atoms with Crippen LogP contribution in [0.4, 0.5) is 11.4 Å². The Morgan fingerprint density at radius 3 is 2.64 bits per heavy atom. The number of pyridine rings is 1. The molecular formula is C34H34ClN5OS. The number of halogens is 1. The number of benzene rings is 3. The van der Waals surface area contributed by atoms with Crippen molar-refractivity contribution in [2.45, 2.75) is 44.8 Å². The summed E-state index contributed by atoms with van der Waals surface area (Å²) in [4.78, 5) is 22.3. The molecule has 1 saturated heterocycles. The third-order valence-corrected chi connectivity index (χ3v) is 9.18. The van der Waals surface area contributed by atoms with Gasteiger partial charge in [0, 0.05) is 53.6 Å². The minimum atomic E-state index is -0.247. The maximum atomic E-state index is 13.3. The number of hydrogen-bond acceptors (Lipinski definition) is 4. The number of aromatic nitrogens is 1. The first-order chi connectivity index (χ1) is 20.1. The summed E-state index contributed by atoms with van der Waals surface area (Å²) in [5, 5.41) is 9.93. The fourth-order valence-electron chi connectivity index (χ4n) is 6.17. The summed E-state index contributed by atoms with van der Waals surface area (Å²) in [6.45, 7) is 6.96. The van der Waals surface area contributed by atoms with Crippen LogP contribution >= 0.6 is 23.8 Å². The molecule has 0 spiro atoms. The van der Waals surface area contributed by atoms with E-state index in [0.29, 0.717) is 16.7 Å². The molecule has 6 nitrogen and oxygen atoms in total. The number of nitrogens with one attached hydrogen (secondary N) is 2. The number of allylic oxidation sites excluding steroid dienone is 1. The van der Waals surface area contributed by atoms with Crippen LogP contribution in [0.2, 0.25) is 5.02 Å². The molecule has 4 aromatic rings. The lowest BCUT2D eigenvalue weighted by Crippen LogP contribution is -2.42. The Bertz CT molecular complexity index is 1710. The Hall–Kier alpha value is -3.94. The first kappa shape index (κ1) is 28.2. The number of likely N-dealkylation sites (N-methyl/N-ethyl adjacent to an activating group) is 1. The minimum absolute atomic E-state index is 0.0756. The van der Waals surface area contributed by atoms with Crippen molar-refractivity contribution in [3.8, 4) is 0 Å². The summed E-state index contributed by atoms with van der Waals surface area (Å²) in [6.07, 6.45) is 4.33. The molecule has 1 fully saturated rings. The Morgan fingerprint density at radius 1 is 1.10 bits per heavy atom. The van der Waals surface area contributed by atoms with Crippen molar-refractivity contribution in [2.24, 2.45) is 0 Å². The van der Waals surface area contributed by atoms with Gasteiger partial charge in [0.2, 0.25) is 5.91 Å². The molecule has 3 heterocycles. The first-order valence-corrected chi connectivity index (χ1v) is 15.0. The standard InChI is InChI=1S/C34H34ClN5OS/c1-21-20-34(2,3)39(4)29-19-26(35)25(18-24(21)29)32-31(28-13-7-8-16-36-28)38-33(42)40(32)17-15-30(41)37-27-14-9-11-22-10-5-6-12-23(22)27/h5-14,16,18-20,31-32H,15,17H2,1-4H3,(H,37,41)(H,38,42)/t31-,32-/m1/s1. The van der Waals surface area contributed by atoms with Crippen LogP contribution in [-0.4, -0.2) is 40.0 Å². The Kier molecular flexibility index (Phi) is 7.41. The maximum Gasteiger partial charge on any atom is 0.226 e.